The smallest absolute Gasteiger partial charge is 0.268 e. The van der Waals surface area contributed by atoms with E-state index in [1.807, 2.05) is 34.2 Å². The molecule has 0 bridgehead atoms. The van der Waals surface area contributed by atoms with E-state index < -0.39 is 0 Å². The largest absolute Gasteiger partial charge is 0.347 e. The third kappa shape index (κ3) is 3.23. The highest BCUT2D eigenvalue weighted by Gasteiger charge is 2.17. The van der Waals surface area contributed by atoms with Gasteiger partial charge in [0.05, 0.1) is 16.8 Å². The molecule has 26 heavy (non-hydrogen) atoms. The molecule has 1 N–H and O–H groups in total. The Morgan fingerprint density at radius 1 is 1.15 bits per heavy atom. The van der Waals surface area contributed by atoms with E-state index >= 15 is 0 Å². The summed E-state index contributed by atoms with van der Waals surface area (Å²) >= 11 is 1.57. The minimum absolute atomic E-state index is 0.179. The summed E-state index contributed by atoms with van der Waals surface area (Å²) in [5.41, 5.74) is 3.00. The van der Waals surface area contributed by atoms with Crippen LogP contribution < -0.4 is 5.32 Å². The normalized spacial score (nSPS) is 11.0. The van der Waals surface area contributed by atoms with Crippen LogP contribution in [0.25, 0.3) is 10.2 Å². The second-order valence-electron chi connectivity index (χ2n) is 5.92. The van der Waals surface area contributed by atoms with Crippen molar-refractivity contribution in [1.29, 1.82) is 0 Å². The molecule has 3 aromatic heterocycles. The first kappa shape index (κ1) is 16.5. The Hall–Kier alpha value is -2.99. The lowest BCUT2D eigenvalue weighted by Crippen LogP contribution is -2.25. The van der Waals surface area contributed by atoms with Crippen molar-refractivity contribution in [2.75, 3.05) is 0 Å². The third-order valence-electron chi connectivity index (χ3n) is 4.24. The number of aromatic nitrogens is 2. The second-order valence-corrected chi connectivity index (χ2v) is 6.86. The summed E-state index contributed by atoms with van der Waals surface area (Å²) in [6.45, 7) is 0.727. The van der Waals surface area contributed by atoms with E-state index in [-0.39, 0.29) is 11.7 Å². The summed E-state index contributed by atoms with van der Waals surface area (Å²) in [5.74, 6) is -0.450. The number of halogens is 1. The minimum atomic E-state index is -0.271. The van der Waals surface area contributed by atoms with E-state index in [0.717, 1.165) is 15.8 Å². The number of carbonyl (C=O) groups excluding carboxylic acids is 1. The molecule has 4 rings (SSSR count). The Labute approximate surface area is 153 Å². The van der Waals surface area contributed by atoms with Crippen LogP contribution in [0.1, 0.15) is 21.6 Å². The Balaban J connectivity index is 1.63. The van der Waals surface area contributed by atoms with Gasteiger partial charge in [-0.25, -0.2) is 4.39 Å². The molecule has 0 unspecified atom stereocenters. The highest BCUT2D eigenvalue weighted by atomic mass is 32.1. The topological polar surface area (TPSA) is 46.9 Å². The number of nitrogens with one attached hydrogen (secondary N) is 1. The standard InChI is InChI=1S/C20H16FN3OS/c21-16-4-2-1-3-15(16)13-24-17-7-10-26-19(17)11-18(24)20(25)23-12-14-5-8-22-9-6-14/h1-11H,12-13H2,(H,23,25). The summed E-state index contributed by atoms with van der Waals surface area (Å²) in [6, 6.07) is 14.2. The number of hydrogen-bond acceptors (Lipinski definition) is 3. The zero-order valence-corrected chi connectivity index (χ0v) is 14.7. The van der Waals surface area contributed by atoms with Gasteiger partial charge in [-0.1, -0.05) is 18.2 Å². The van der Waals surface area contributed by atoms with Gasteiger partial charge in [0.25, 0.3) is 5.91 Å². The van der Waals surface area contributed by atoms with Crippen LogP contribution in [0, 0.1) is 5.82 Å². The molecule has 0 aliphatic carbocycles. The number of nitrogens with zero attached hydrogens (tertiary/aromatic N) is 2. The van der Waals surface area contributed by atoms with Gasteiger partial charge in [-0.2, -0.15) is 0 Å². The van der Waals surface area contributed by atoms with E-state index in [2.05, 4.69) is 10.3 Å². The molecule has 3 heterocycles. The highest BCUT2D eigenvalue weighted by molar-refractivity contribution is 7.17. The van der Waals surface area contributed by atoms with Crippen molar-refractivity contribution in [2.45, 2.75) is 13.1 Å². The Kier molecular flexibility index (Phi) is 4.50. The number of benzene rings is 1. The molecule has 0 fully saturated rings. The number of carbonyl (C=O) groups is 1. The Morgan fingerprint density at radius 3 is 2.77 bits per heavy atom. The van der Waals surface area contributed by atoms with Crippen LogP contribution in [0.4, 0.5) is 4.39 Å². The summed E-state index contributed by atoms with van der Waals surface area (Å²) in [4.78, 5) is 16.7. The summed E-state index contributed by atoms with van der Waals surface area (Å²) in [6.07, 6.45) is 3.39. The molecule has 130 valence electrons. The molecule has 0 atom stereocenters. The van der Waals surface area contributed by atoms with Crippen molar-refractivity contribution in [3.05, 3.63) is 88.9 Å². The maximum absolute atomic E-state index is 14.1. The molecule has 0 spiro atoms. The highest BCUT2D eigenvalue weighted by Crippen LogP contribution is 2.26. The first-order chi connectivity index (χ1) is 12.7. The zero-order chi connectivity index (χ0) is 17.9. The van der Waals surface area contributed by atoms with Crippen molar-refractivity contribution >= 4 is 27.5 Å². The van der Waals surface area contributed by atoms with Crippen LogP contribution in [0.3, 0.4) is 0 Å². The van der Waals surface area contributed by atoms with E-state index in [9.17, 15) is 9.18 Å². The summed E-state index contributed by atoms with van der Waals surface area (Å²) in [5, 5.41) is 4.90. The van der Waals surface area contributed by atoms with Gasteiger partial charge < -0.3 is 9.88 Å². The molecular formula is C20H16FN3OS. The number of pyridine rings is 1. The predicted molar refractivity (Wildman–Crippen MR) is 101 cm³/mol. The summed E-state index contributed by atoms with van der Waals surface area (Å²) < 4.78 is 17.0. The summed E-state index contributed by atoms with van der Waals surface area (Å²) in [7, 11) is 0. The monoisotopic (exact) mass is 365 g/mol. The number of thiophene rings is 1. The van der Waals surface area contributed by atoms with Gasteiger partial charge in [-0.05, 0) is 41.3 Å². The third-order valence-corrected chi connectivity index (χ3v) is 5.10. The number of fused-ring (bicyclic) bond motifs is 1. The van der Waals surface area contributed by atoms with Crippen molar-refractivity contribution in [3.8, 4) is 0 Å². The van der Waals surface area contributed by atoms with Crippen molar-refractivity contribution < 1.29 is 9.18 Å². The lowest BCUT2D eigenvalue weighted by molar-refractivity contribution is 0.0942. The molecule has 4 nitrogen and oxygen atoms in total. The number of rotatable bonds is 5. The van der Waals surface area contributed by atoms with Crippen LogP contribution in [0.2, 0.25) is 0 Å². The molecule has 4 aromatic rings. The lowest BCUT2D eigenvalue weighted by atomic mass is 10.2. The molecule has 1 amide bonds. The van der Waals surface area contributed by atoms with E-state index in [0.29, 0.717) is 24.3 Å². The van der Waals surface area contributed by atoms with Crippen LogP contribution in [-0.4, -0.2) is 15.5 Å². The zero-order valence-electron chi connectivity index (χ0n) is 13.9. The van der Waals surface area contributed by atoms with Crippen molar-refractivity contribution in [1.82, 2.24) is 14.9 Å². The average Bonchev–Trinajstić information content (AvgIpc) is 3.25. The maximum Gasteiger partial charge on any atom is 0.268 e. The average molecular weight is 365 g/mol. The van der Waals surface area contributed by atoms with Crippen molar-refractivity contribution in [2.24, 2.45) is 0 Å². The van der Waals surface area contributed by atoms with Gasteiger partial charge in [-0.15, -0.1) is 11.3 Å². The fourth-order valence-corrected chi connectivity index (χ4v) is 3.73. The molecule has 0 radical (unpaired) electrons. The van der Waals surface area contributed by atoms with Crippen LogP contribution in [0.5, 0.6) is 0 Å². The molecule has 0 aliphatic heterocycles. The first-order valence-electron chi connectivity index (χ1n) is 8.19. The molecule has 1 aromatic carbocycles. The van der Waals surface area contributed by atoms with Gasteiger partial charge in [-0.3, -0.25) is 9.78 Å². The molecule has 0 saturated heterocycles. The van der Waals surface area contributed by atoms with E-state index in [1.165, 1.54) is 6.07 Å². The Bertz CT molecular complexity index is 1060. The minimum Gasteiger partial charge on any atom is -0.347 e. The van der Waals surface area contributed by atoms with Gasteiger partial charge in [0.2, 0.25) is 0 Å². The maximum atomic E-state index is 14.1. The SMILES string of the molecule is O=C(NCc1ccncc1)c1cc2sccc2n1Cc1ccccc1F. The predicted octanol–water partition coefficient (Wildman–Crippen LogP) is 4.22. The number of amides is 1. The first-order valence-corrected chi connectivity index (χ1v) is 9.07. The second kappa shape index (κ2) is 7.09. The van der Waals surface area contributed by atoms with Crippen molar-refractivity contribution in [3.63, 3.8) is 0 Å². The fraction of sp³-hybridized carbons (Fsp3) is 0.100. The van der Waals surface area contributed by atoms with Crippen LogP contribution in [-0.2, 0) is 13.1 Å². The van der Waals surface area contributed by atoms with Gasteiger partial charge in [0, 0.05) is 24.5 Å². The van der Waals surface area contributed by atoms with Crippen LogP contribution in [0.15, 0.2) is 66.3 Å². The van der Waals surface area contributed by atoms with E-state index in [4.69, 9.17) is 0 Å². The number of hydrogen-bond donors (Lipinski definition) is 1. The lowest BCUT2D eigenvalue weighted by Gasteiger charge is -2.11. The molecule has 0 aliphatic rings. The van der Waals surface area contributed by atoms with E-state index in [1.54, 1.807) is 41.9 Å². The van der Waals surface area contributed by atoms with Gasteiger partial charge in [0.1, 0.15) is 11.5 Å². The molecule has 0 saturated carbocycles. The quantitative estimate of drug-likeness (QED) is 0.576. The fourth-order valence-electron chi connectivity index (χ4n) is 2.91. The van der Waals surface area contributed by atoms with Gasteiger partial charge in [0.15, 0.2) is 0 Å². The molecule has 6 heteroatoms. The van der Waals surface area contributed by atoms with Gasteiger partial charge >= 0.3 is 0 Å². The Morgan fingerprint density at radius 2 is 1.96 bits per heavy atom. The molecular weight excluding hydrogens is 349 g/mol. The van der Waals surface area contributed by atoms with Crippen LogP contribution >= 0.6 is 11.3 Å².